The molecule has 0 aliphatic carbocycles. The third kappa shape index (κ3) is 4.35. The van der Waals surface area contributed by atoms with Gasteiger partial charge in [0.1, 0.15) is 0 Å². The molecule has 0 saturated carbocycles. The van der Waals surface area contributed by atoms with Crippen molar-refractivity contribution < 1.29 is 4.79 Å². The highest BCUT2D eigenvalue weighted by molar-refractivity contribution is 5.76. The Labute approximate surface area is 116 Å². The van der Waals surface area contributed by atoms with Gasteiger partial charge in [0, 0.05) is 38.8 Å². The minimum atomic E-state index is 0.100. The monoisotopic (exact) mass is 268 g/mol. The number of carbonyl (C=O) groups is 1. The number of rotatable bonds is 6. The van der Waals surface area contributed by atoms with Crippen molar-refractivity contribution in [1.82, 2.24) is 20.4 Å². The molecule has 5 heteroatoms. The maximum Gasteiger partial charge on any atom is 0.317 e. The maximum atomic E-state index is 11.5. The van der Waals surface area contributed by atoms with Crippen LogP contribution in [0.25, 0.3) is 0 Å². The predicted octanol–water partition coefficient (Wildman–Crippen LogP) is 0.722. The molecule has 0 radical (unpaired) electrons. The lowest BCUT2D eigenvalue weighted by molar-refractivity contribution is 0.154. The molecule has 5 nitrogen and oxygen atoms in total. The van der Waals surface area contributed by atoms with Crippen molar-refractivity contribution in [3.05, 3.63) is 0 Å². The SMILES string of the molecule is CC(C)N(CCN1CCNC1=O)CC1CCCNC1. The summed E-state index contributed by atoms with van der Waals surface area (Å²) in [4.78, 5) is 16.0. The number of amides is 2. The van der Waals surface area contributed by atoms with E-state index in [-0.39, 0.29) is 6.03 Å². The number of carbonyl (C=O) groups excluding carboxylic acids is 1. The van der Waals surface area contributed by atoms with Gasteiger partial charge in [0.05, 0.1) is 0 Å². The van der Waals surface area contributed by atoms with Gasteiger partial charge in [0.15, 0.2) is 0 Å². The van der Waals surface area contributed by atoms with Crippen molar-refractivity contribution in [2.45, 2.75) is 32.7 Å². The molecule has 2 amide bonds. The molecule has 0 aromatic heterocycles. The van der Waals surface area contributed by atoms with E-state index < -0.39 is 0 Å². The van der Waals surface area contributed by atoms with Crippen LogP contribution < -0.4 is 10.6 Å². The lowest BCUT2D eigenvalue weighted by Gasteiger charge is -2.33. The Balaban J connectivity index is 1.76. The second kappa shape index (κ2) is 7.10. The molecule has 0 bridgehead atoms. The lowest BCUT2D eigenvalue weighted by atomic mass is 9.98. The molecule has 110 valence electrons. The third-order valence-electron chi connectivity index (χ3n) is 4.22. The highest BCUT2D eigenvalue weighted by Crippen LogP contribution is 2.13. The van der Waals surface area contributed by atoms with Gasteiger partial charge in [-0.1, -0.05) is 0 Å². The van der Waals surface area contributed by atoms with Crippen LogP contribution in [0, 0.1) is 5.92 Å². The Morgan fingerprint density at radius 1 is 1.42 bits per heavy atom. The van der Waals surface area contributed by atoms with Crippen LogP contribution in [0.1, 0.15) is 26.7 Å². The largest absolute Gasteiger partial charge is 0.336 e. The molecule has 2 saturated heterocycles. The fourth-order valence-corrected chi connectivity index (χ4v) is 2.95. The molecule has 2 aliphatic rings. The smallest absolute Gasteiger partial charge is 0.317 e. The van der Waals surface area contributed by atoms with Gasteiger partial charge in [-0.25, -0.2) is 4.79 Å². The van der Waals surface area contributed by atoms with E-state index in [9.17, 15) is 4.79 Å². The average molecular weight is 268 g/mol. The number of nitrogens with zero attached hydrogens (tertiary/aromatic N) is 2. The number of piperidine rings is 1. The molecule has 19 heavy (non-hydrogen) atoms. The zero-order valence-corrected chi connectivity index (χ0v) is 12.3. The quantitative estimate of drug-likeness (QED) is 0.746. The average Bonchev–Trinajstić information content (AvgIpc) is 2.81. The highest BCUT2D eigenvalue weighted by atomic mass is 16.2. The van der Waals surface area contributed by atoms with Crippen molar-refractivity contribution in [2.75, 3.05) is 45.8 Å². The molecule has 0 spiro atoms. The fourth-order valence-electron chi connectivity index (χ4n) is 2.95. The van der Waals surface area contributed by atoms with Crippen molar-refractivity contribution in [2.24, 2.45) is 5.92 Å². The molecule has 2 N–H and O–H groups in total. The zero-order chi connectivity index (χ0) is 13.7. The summed E-state index contributed by atoms with van der Waals surface area (Å²) in [6.45, 7) is 11.5. The van der Waals surface area contributed by atoms with Crippen LogP contribution in [0.4, 0.5) is 4.79 Å². The Morgan fingerprint density at radius 2 is 2.26 bits per heavy atom. The van der Waals surface area contributed by atoms with Gasteiger partial charge in [0.2, 0.25) is 0 Å². The Bertz CT molecular complexity index is 289. The van der Waals surface area contributed by atoms with E-state index >= 15 is 0 Å². The molecule has 0 aromatic carbocycles. The summed E-state index contributed by atoms with van der Waals surface area (Å²) in [7, 11) is 0. The van der Waals surface area contributed by atoms with Crippen LogP contribution in [0.15, 0.2) is 0 Å². The van der Waals surface area contributed by atoms with Crippen molar-refractivity contribution in [1.29, 1.82) is 0 Å². The number of urea groups is 1. The van der Waals surface area contributed by atoms with Crippen LogP contribution in [-0.2, 0) is 0 Å². The van der Waals surface area contributed by atoms with Gasteiger partial charge in [-0.3, -0.25) is 4.90 Å². The van der Waals surface area contributed by atoms with Crippen molar-refractivity contribution >= 4 is 6.03 Å². The van der Waals surface area contributed by atoms with Crippen LogP contribution in [0.5, 0.6) is 0 Å². The first-order valence-corrected chi connectivity index (χ1v) is 7.64. The molecule has 2 fully saturated rings. The summed E-state index contributed by atoms with van der Waals surface area (Å²) in [5.41, 5.74) is 0. The predicted molar refractivity (Wildman–Crippen MR) is 77.3 cm³/mol. The topological polar surface area (TPSA) is 47.6 Å². The van der Waals surface area contributed by atoms with E-state index in [4.69, 9.17) is 0 Å². The van der Waals surface area contributed by atoms with E-state index in [0.29, 0.717) is 6.04 Å². The number of hydrogen-bond donors (Lipinski definition) is 2. The van der Waals surface area contributed by atoms with Gasteiger partial charge in [-0.15, -0.1) is 0 Å². The first-order chi connectivity index (χ1) is 9.16. The lowest BCUT2D eigenvalue weighted by Crippen LogP contribution is -2.44. The summed E-state index contributed by atoms with van der Waals surface area (Å²) >= 11 is 0. The Morgan fingerprint density at radius 3 is 2.84 bits per heavy atom. The molecule has 0 aromatic rings. The van der Waals surface area contributed by atoms with Crippen LogP contribution in [0.3, 0.4) is 0 Å². The third-order valence-corrected chi connectivity index (χ3v) is 4.22. The first kappa shape index (κ1) is 14.6. The van der Waals surface area contributed by atoms with Gasteiger partial charge in [-0.05, 0) is 45.7 Å². The molecule has 2 rings (SSSR count). The maximum absolute atomic E-state index is 11.5. The van der Waals surface area contributed by atoms with E-state index in [0.717, 1.165) is 45.2 Å². The Hall–Kier alpha value is -0.810. The molecule has 2 heterocycles. The molecule has 2 aliphatic heterocycles. The molecular weight excluding hydrogens is 240 g/mol. The van der Waals surface area contributed by atoms with Crippen molar-refractivity contribution in [3.8, 4) is 0 Å². The van der Waals surface area contributed by atoms with E-state index in [2.05, 4.69) is 29.4 Å². The van der Waals surface area contributed by atoms with E-state index in [1.54, 1.807) is 0 Å². The van der Waals surface area contributed by atoms with Crippen LogP contribution in [-0.4, -0.2) is 67.7 Å². The normalized spacial score (nSPS) is 24.3. The summed E-state index contributed by atoms with van der Waals surface area (Å²) in [5.74, 6) is 0.767. The summed E-state index contributed by atoms with van der Waals surface area (Å²) in [6.07, 6.45) is 2.63. The Kier molecular flexibility index (Phi) is 5.45. The van der Waals surface area contributed by atoms with E-state index in [1.165, 1.54) is 19.4 Å². The molecule has 1 atom stereocenters. The van der Waals surface area contributed by atoms with Crippen LogP contribution >= 0.6 is 0 Å². The second-order valence-corrected chi connectivity index (χ2v) is 6.02. The molecule has 1 unspecified atom stereocenters. The van der Waals surface area contributed by atoms with Gasteiger partial charge in [0.25, 0.3) is 0 Å². The van der Waals surface area contributed by atoms with E-state index in [1.807, 2.05) is 4.90 Å². The summed E-state index contributed by atoms with van der Waals surface area (Å²) in [5, 5.41) is 6.34. The van der Waals surface area contributed by atoms with Crippen molar-refractivity contribution in [3.63, 3.8) is 0 Å². The summed E-state index contributed by atoms with van der Waals surface area (Å²) in [6, 6.07) is 0.649. The first-order valence-electron chi connectivity index (χ1n) is 7.64. The minimum Gasteiger partial charge on any atom is -0.336 e. The van der Waals surface area contributed by atoms with Gasteiger partial charge in [-0.2, -0.15) is 0 Å². The number of hydrogen-bond acceptors (Lipinski definition) is 3. The molecular formula is C14H28N4O. The number of nitrogens with one attached hydrogen (secondary N) is 2. The zero-order valence-electron chi connectivity index (χ0n) is 12.3. The minimum absolute atomic E-state index is 0.100. The summed E-state index contributed by atoms with van der Waals surface area (Å²) < 4.78 is 0. The second-order valence-electron chi connectivity index (χ2n) is 6.02. The highest BCUT2D eigenvalue weighted by Gasteiger charge is 2.22. The van der Waals surface area contributed by atoms with Gasteiger partial charge < -0.3 is 15.5 Å². The van der Waals surface area contributed by atoms with Gasteiger partial charge >= 0.3 is 6.03 Å². The van der Waals surface area contributed by atoms with Crippen LogP contribution in [0.2, 0.25) is 0 Å². The standard InChI is InChI=1S/C14H28N4O/c1-12(2)18(11-13-4-3-5-15-10-13)9-8-17-7-6-16-14(17)19/h12-13,15H,3-11H2,1-2H3,(H,16,19). The fraction of sp³-hybridized carbons (Fsp3) is 0.929.